The number of aromatic nitrogens is 3. The smallest absolute Gasteiger partial charge is 0.223 e. The minimum absolute atomic E-state index is 0.174. The van der Waals surface area contributed by atoms with E-state index in [9.17, 15) is 0 Å². The van der Waals surface area contributed by atoms with Crippen LogP contribution in [0, 0.1) is 6.92 Å². The van der Waals surface area contributed by atoms with Crippen molar-refractivity contribution in [1.82, 2.24) is 15.0 Å². The van der Waals surface area contributed by atoms with Crippen molar-refractivity contribution in [3.05, 3.63) is 23.7 Å². The molecule has 0 fully saturated rings. The summed E-state index contributed by atoms with van der Waals surface area (Å²) < 4.78 is 5.36. The van der Waals surface area contributed by atoms with Crippen LogP contribution in [-0.2, 0) is 5.41 Å². The molecule has 2 N–H and O–H groups in total. The summed E-state index contributed by atoms with van der Waals surface area (Å²) in [5, 5.41) is 0. The molecule has 2 rings (SSSR count). The third kappa shape index (κ3) is 2.27. The maximum Gasteiger partial charge on any atom is 0.223 e. The molecule has 0 aliphatic carbocycles. The average Bonchev–Trinajstić information content (AvgIpc) is 2.62. The van der Waals surface area contributed by atoms with Gasteiger partial charge in [-0.2, -0.15) is 9.97 Å². The van der Waals surface area contributed by atoms with Crippen LogP contribution < -0.4 is 5.73 Å². The SMILES string of the molecule is Cc1ccoc1-c1nc(N)nc(C(C)(C)C)n1. The number of nitrogens with zero attached hydrogens (tertiary/aromatic N) is 3. The Hall–Kier alpha value is -1.91. The van der Waals surface area contributed by atoms with Gasteiger partial charge in [-0.25, -0.2) is 4.98 Å². The second kappa shape index (κ2) is 3.84. The Balaban J connectivity index is 2.57. The van der Waals surface area contributed by atoms with Gasteiger partial charge < -0.3 is 10.2 Å². The van der Waals surface area contributed by atoms with Crippen LogP contribution in [0.15, 0.2) is 16.7 Å². The molecule has 0 aliphatic heterocycles. The fraction of sp³-hybridized carbons (Fsp3) is 0.417. The third-order valence-electron chi connectivity index (χ3n) is 2.39. The number of anilines is 1. The second-order valence-electron chi connectivity index (χ2n) is 5.02. The van der Waals surface area contributed by atoms with E-state index in [-0.39, 0.29) is 11.4 Å². The Kier molecular flexibility index (Phi) is 2.61. The number of furan rings is 1. The number of nitrogen functional groups attached to an aromatic ring is 1. The van der Waals surface area contributed by atoms with Gasteiger partial charge in [0.25, 0.3) is 0 Å². The summed E-state index contributed by atoms with van der Waals surface area (Å²) >= 11 is 0. The lowest BCUT2D eigenvalue weighted by molar-refractivity contribution is 0.537. The highest BCUT2D eigenvalue weighted by Crippen LogP contribution is 2.24. The van der Waals surface area contributed by atoms with Crippen LogP contribution in [0.4, 0.5) is 5.95 Å². The Morgan fingerprint density at radius 2 is 1.88 bits per heavy atom. The van der Waals surface area contributed by atoms with Gasteiger partial charge >= 0.3 is 0 Å². The Labute approximate surface area is 100 Å². The summed E-state index contributed by atoms with van der Waals surface area (Å²) in [6, 6.07) is 1.87. The first-order valence-corrected chi connectivity index (χ1v) is 5.44. The molecule has 0 saturated carbocycles. The lowest BCUT2D eigenvalue weighted by Gasteiger charge is -2.16. The molecule has 2 aromatic rings. The monoisotopic (exact) mass is 232 g/mol. The van der Waals surface area contributed by atoms with Gasteiger partial charge in [0.1, 0.15) is 5.82 Å². The molecular weight excluding hydrogens is 216 g/mol. The van der Waals surface area contributed by atoms with Crippen molar-refractivity contribution in [3.63, 3.8) is 0 Å². The number of nitrogens with two attached hydrogens (primary N) is 1. The molecular formula is C12H16N4O. The topological polar surface area (TPSA) is 77.8 Å². The standard InChI is InChI=1S/C12H16N4O/c1-7-5-6-17-8(7)9-14-10(12(2,3)4)16-11(13)15-9/h5-6H,1-4H3,(H2,13,14,15,16). The predicted octanol–water partition coefficient (Wildman–Crippen LogP) is 2.32. The molecule has 17 heavy (non-hydrogen) atoms. The number of aryl methyl sites for hydroxylation is 1. The van der Waals surface area contributed by atoms with Gasteiger partial charge in [-0.05, 0) is 18.6 Å². The van der Waals surface area contributed by atoms with E-state index in [2.05, 4.69) is 15.0 Å². The van der Waals surface area contributed by atoms with Gasteiger partial charge in [-0.1, -0.05) is 20.8 Å². The lowest BCUT2D eigenvalue weighted by atomic mass is 9.96. The Bertz CT molecular complexity index is 540. The zero-order chi connectivity index (χ0) is 12.6. The molecule has 0 atom stereocenters. The summed E-state index contributed by atoms with van der Waals surface area (Å²) in [6.45, 7) is 8.03. The van der Waals surface area contributed by atoms with E-state index < -0.39 is 0 Å². The van der Waals surface area contributed by atoms with Gasteiger partial charge in [-0.3, -0.25) is 0 Å². The molecule has 5 nitrogen and oxygen atoms in total. The van der Waals surface area contributed by atoms with Crippen LogP contribution in [0.3, 0.4) is 0 Å². The first-order valence-electron chi connectivity index (χ1n) is 5.44. The van der Waals surface area contributed by atoms with Gasteiger partial charge in [0.05, 0.1) is 6.26 Å². The van der Waals surface area contributed by atoms with Crippen molar-refractivity contribution in [3.8, 4) is 11.6 Å². The summed E-state index contributed by atoms with van der Waals surface area (Å²) in [5.41, 5.74) is 6.52. The summed E-state index contributed by atoms with van der Waals surface area (Å²) in [4.78, 5) is 12.7. The predicted molar refractivity (Wildman–Crippen MR) is 65.4 cm³/mol. The second-order valence-corrected chi connectivity index (χ2v) is 5.02. The van der Waals surface area contributed by atoms with Gasteiger partial charge in [0.15, 0.2) is 5.76 Å². The number of rotatable bonds is 1. The van der Waals surface area contributed by atoms with Crippen LogP contribution in [-0.4, -0.2) is 15.0 Å². The van der Waals surface area contributed by atoms with Crippen LogP contribution in [0.5, 0.6) is 0 Å². The van der Waals surface area contributed by atoms with E-state index in [1.54, 1.807) is 6.26 Å². The van der Waals surface area contributed by atoms with Crippen molar-refractivity contribution in [2.75, 3.05) is 5.73 Å². The van der Waals surface area contributed by atoms with Gasteiger partial charge in [0, 0.05) is 5.41 Å². The molecule has 0 aliphatic rings. The summed E-state index contributed by atoms with van der Waals surface area (Å²) in [5.74, 6) is 2.01. The summed E-state index contributed by atoms with van der Waals surface area (Å²) in [6.07, 6.45) is 1.61. The molecule has 0 spiro atoms. The van der Waals surface area contributed by atoms with E-state index in [1.165, 1.54) is 0 Å². The highest BCUT2D eigenvalue weighted by Gasteiger charge is 2.21. The largest absolute Gasteiger partial charge is 0.461 e. The van der Waals surface area contributed by atoms with Crippen molar-refractivity contribution < 1.29 is 4.42 Å². The van der Waals surface area contributed by atoms with Gasteiger partial charge in [-0.15, -0.1) is 0 Å². The molecule has 0 unspecified atom stereocenters. The molecule has 0 radical (unpaired) electrons. The van der Waals surface area contributed by atoms with Crippen molar-refractivity contribution in [2.45, 2.75) is 33.1 Å². The highest BCUT2D eigenvalue weighted by molar-refractivity contribution is 5.53. The lowest BCUT2D eigenvalue weighted by Crippen LogP contribution is -2.18. The van der Waals surface area contributed by atoms with E-state index in [4.69, 9.17) is 10.2 Å². The minimum Gasteiger partial charge on any atom is -0.461 e. The van der Waals surface area contributed by atoms with E-state index in [1.807, 2.05) is 33.8 Å². The van der Waals surface area contributed by atoms with Gasteiger partial charge in [0.2, 0.25) is 11.8 Å². The molecule has 0 amide bonds. The van der Waals surface area contributed by atoms with E-state index >= 15 is 0 Å². The normalized spacial score (nSPS) is 11.8. The van der Waals surface area contributed by atoms with Crippen LogP contribution >= 0.6 is 0 Å². The highest BCUT2D eigenvalue weighted by atomic mass is 16.3. The average molecular weight is 232 g/mol. The first-order chi connectivity index (χ1) is 7.88. The maximum atomic E-state index is 5.71. The molecule has 2 aromatic heterocycles. The number of hydrogen-bond donors (Lipinski definition) is 1. The first kappa shape index (κ1) is 11.6. The summed E-state index contributed by atoms with van der Waals surface area (Å²) in [7, 11) is 0. The Morgan fingerprint density at radius 1 is 1.18 bits per heavy atom. The van der Waals surface area contributed by atoms with E-state index in [0.717, 1.165) is 5.56 Å². The van der Waals surface area contributed by atoms with Crippen LogP contribution in [0.25, 0.3) is 11.6 Å². The Morgan fingerprint density at radius 3 is 2.41 bits per heavy atom. The maximum absolute atomic E-state index is 5.71. The molecule has 0 bridgehead atoms. The van der Waals surface area contributed by atoms with Crippen LogP contribution in [0.2, 0.25) is 0 Å². The van der Waals surface area contributed by atoms with E-state index in [0.29, 0.717) is 17.4 Å². The molecule has 5 heteroatoms. The fourth-order valence-electron chi connectivity index (χ4n) is 1.43. The molecule has 2 heterocycles. The zero-order valence-electron chi connectivity index (χ0n) is 10.5. The quantitative estimate of drug-likeness (QED) is 0.816. The van der Waals surface area contributed by atoms with Crippen LogP contribution in [0.1, 0.15) is 32.2 Å². The minimum atomic E-state index is -0.174. The molecule has 90 valence electrons. The van der Waals surface area contributed by atoms with Crippen molar-refractivity contribution in [1.29, 1.82) is 0 Å². The molecule has 0 saturated heterocycles. The molecule has 0 aromatic carbocycles. The zero-order valence-corrected chi connectivity index (χ0v) is 10.5. The van der Waals surface area contributed by atoms with Crippen molar-refractivity contribution in [2.24, 2.45) is 0 Å². The van der Waals surface area contributed by atoms with Crippen molar-refractivity contribution >= 4 is 5.95 Å². The third-order valence-corrected chi connectivity index (χ3v) is 2.39. The number of hydrogen-bond acceptors (Lipinski definition) is 5. The fourth-order valence-corrected chi connectivity index (χ4v) is 1.43.